The van der Waals surface area contributed by atoms with Crippen molar-refractivity contribution in [3.63, 3.8) is 0 Å². The Morgan fingerprint density at radius 2 is 1.57 bits per heavy atom. The first kappa shape index (κ1) is 28.2. The minimum absolute atomic E-state index is 0.0590. The van der Waals surface area contributed by atoms with E-state index in [1.165, 1.54) is 49.3 Å². The van der Waals surface area contributed by atoms with Gasteiger partial charge in [0.05, 0.1) is 5.41 Å². The van der Waals surface area contributed by atoms with Crippen LogP contribution in [0, 0.1) is 0 Å². The third kappa shape index (κ3) is 5.11. The van der Waals surface area contributed by atoms with Crippen LogP contribution in [0.15, 0.2) is 113 Å². The maximum Gasteiger partial charge on any atom is 0.209 e. The van der Waals surface area contributed by atoms with Gasteiger partial charge in [0, 0.05) is 50.9 Å². The number of rotatable bonds is 8. The molecule has 2 aliphatic rings. The maximum absolute atomic E-state index is 5.78. The molecule has 0 aliphatic carbocycles. The van der Waals surface area contributed by atoms with E-state index in [0.717, 1.165) is 13.0 Å². The Balaban J connectivity index is 1.54. The van der Waals surface area contributed by atoms with Crippen LogP contribution < -0.4 is 10.6 Å². The number of nitrogens with zero attached hydrogens (tertiary/aromatic N) is 2. The lowest BCUT2D eigenvalue weighted by molar-refractivity contribution is -0.401. The molecule has 0 bridgehead atoms. The lowest BCUT2D eigenvalue weighted by Gasteiger charge is -2.26. The molecule has 206 valence electrons. The fourth-order valence-corrected chi connectivity index (χ4v) is 7.07. The van der Waals surface area contributed by atoms with Gasteiger partial charge in [0.1, 0.15) is 7.05 Å². The van der Waals surface area contributed by atoms with Crippen LogP contribution in [0.3, 0.4) is 0 Å². The van der Waals surface area contributed by atoms with Crippen molar-refractivity contribution in [3.05, 3.63) is 124 Å². The first-order valence-corrected chi connectivity index (χ1v) is 15.1. The van der Waals surface area contributed by atoms with Crippen molar-refractivity contribution in [1.82, 2.24) is 0 Å². The number of thioether (sulfide) groups is 1. The third-order valence-electron chi connectivity index (χ3n) is 8.46. The van der Waals surface area contributed by atoms with Gasteiger partial charge in [0.15, 0.2) is 5.71 Å². The molecule has 0 saturated heterocycles. The van der Waals surface area contributed by atoms with Gasteiger partial charge >= 0.3 is 0 Å². The molecule has 0 amide bonds. The fraction of sp³-hybridized carbons (Fsp3) is 0.306. The van der Waals surface area contributed by atoms with Crippen LogP contribution in [0.5, 0.6) is 0 Å². The molecule has 0 aromatic heterocycles. The first-order chi connectivity index (χ1) is 19.2. The minimum atomic E-state index is -0.0615. The Labute approximate surface area is 244 Å². The van der Waals surface area contributed by atoms with Gasteiger partial charge in [0.2, 0.25) is 5.69 Å². The largest absolute Gasteiger partial charge is 0.344 e. The molecule has 40 heavy (non-hydrogen) atoms. The molecule has 3 aromatic carbocycles. The van der Waals surface area contributed by atoms with Crippen LogP contribution in [0.25, 0.3) is 0 Å². The highest BCUT2D eigenvalue weighted by molar-refractivity contribution is 8.03. The maximum atomic E-state index is 5.78. The SMILES string of the molecule is CCN1/C(=C/C=C(/C=C/C2=[N+](C)c3ccccc3C2(C)C)Sc2ccc(CCN)cc2)C(C)(C)c2ccccc21. The van der Waals surface area contributed by atoms with Crippen LogP contribution in [-0.2, 0) is 17.3 Å². The zero-order valence-corrected chi connectivity index (χ0v) is 25.6. The fourth-order valence-electron chi connectivity index (χ4n) is 6.26. The summed E-state index contributed by atoms with van der Waals surface area (Å²) < 4.78 is 2.34. The van der Waals surface area contributed by atoms with Gasteiger partial charge in [-0.1, -0.05) is 74.1 Å². The topological polar surface area (TPSA) is 32.3 Å². The minimum Gasteiger partial charge on any atom is -0.344 e. The standard InChI is InChI=1S/C36H42N3S/c1-7-39-32-15-11-9-13-30(32)36(4,5)34(39)23-21-28(40-27-18-16-26(17-19-27)24-25-37)20-22-33-35(2,3)29-12-8-10-14-31(29)38(33)6/h8-23H,7,24-25,37H2,1-6H3/q+1. The van der Waals surface area contributed by atoms with Gasteiger partial charge in [-0.15, -0.1) is 0 Å². The van der Waals surface area contributed by atoms with Gasteiger partial charge in [-0.2, -0.15) is 4.58 Å². The number of hydrogen-bond donors (Lipinski definition) is 1. The van der Waals surface area contributed by atoms with Gasteiger partial charge in [-0.25, -0.2) is 0 Å². The summed E-state index contributed by atoms with van der Waals surface area (Å²) in [5.74, 6) is 0. The monoisotopic (exact) mass is 548 g/mol. The molecule has 0 spiro atoms. The lowest BCUT2D eigenvalue weighted by Crippen LogP contribution is -2.26. The van der Waals surface area contributed by atoms with E-state index in [9.17, 15) is 0 Å². The van der Waals surface area contributed by atoms with Crippen molar-refractivity contribution in [1.29, 1.82) is 0 Å². The van der Waals surface area contributed by atoms with Crippen LogP contribution in [-0.4, -0.2) is 30.4 Å². The third-order valence-corrected chi connectivity index (χ3v) is 9.47. The summed E-state index contributed by atoms with van der Waals surface area (Å²) in [5, 5.41) is 0. The summed E-state index contributed by atoms with van der Waals surface area (Å²) >= 11 is 1.81. The second kappa shape index (κ2) is 11.3. The molecule has 2 aliphatic heterocycles. The van der Waals surface area contributed by atoms with E-state index >= 15 is 0 Å². The predicted octanol–water partition coefficient (Wildman–Crippen LogP) is 8.13. The molecule has 4 heteroatoms. The molecule has 2 N–H and O–H groups in total. The summed E-state index contributed by atoms with van der Waals surface area (Å²) in [6, 6.07) is 26.4. The first-order valence-electron chi connectivity index (χ1n) is 14.3. The van der Waals surface area contributed by atoms with Crippen molar-refractivity contribution in [3.8, 4) is 0 Å². The van der Waals surface area contributed by atoms with Crippen molar-refractivity contribution < 1.29 is 4.58 Å². The zero-order chi connectivity index (χ0) is 28.5. The normalized spacial score (nSPS) is 18.6. The molecule has 0 saturated carbocycles. The van der Waals surface area contributed by atoms with Gasteiger partial charge in [-0.3, -0.25) is 0 Å². The van der Waals surface area contributed by atoms with E-state index in [1.54, 1.807) is 0 Å². The summed E-state index contributed by atoms with van der Waals surface area (Å²) in [6.45, 7) is 13.2. The number of fused-ring (bicyclic) bond motifs is 2. The van der Waals surface area contributed by atoms with Crippen molar-refractivity contribution in [2.45, 2.75) is 56.8 Å². The summed E-state index contributed by atoms with van der Waals surface area (Å²) in [5.41, 5.74) is 14.9. The van der Waals surface area contributed by atoms with E-state index in [-0.39, 0.29) is 10.8 Å². The molecule has 0 radical (unpaired) electrons. The average Bonchev–Trinajstić information content (AvgIpc) is 3.29. The Hall–Kier alpha value is -3.34. The van der Waals surface area contributed by atoms with Crippen LogP contribution in [0.1, 0.15) is 51.3 Å². The number of hydrogen-bond acceptors (Lipinski definition) is 3. The van der Waals surface area contributed by atoms with Crippen molar-refractivity contribution in [2.24, 2.45) is 5.73 Å². The molecule has 3 nitrogen and oxygen atoms in total. The second-order valence-electron chi connectivity index (χ2n) is 11.7. The molecule has 0 unspecified atom stereocenters. The number of likely N-dealkylation sites (N-methyl/N-ethyl adjacent to an activating group) is 1. The highest BCUT2D eigenvalue weighted by Gasteiger charge is 2.42. The summed E-state index contributed by atoms with van der Waals surface area (Å²) in [4.78, 5) is 4.89. The predicted molar refractivity (Wildman–Crippen MR) is 173 cm³/mol. The Kier molecular flexibility index (Phi) is 7.94. The second-order valence-corrected chi connectivity index (χ2v) is 12.9. The zero-order valence-electron chi connectivity index (χ0n) is 24.7. The highest BCUT2D eigenvalue weighted by Crippen LogP contribution is 2.47. The van der Waals surface area contributed by atoms with Gasteiger partial charge < -0.3 is 10.6 Å². The summed E-state index contributed by atoms with van der Waals surface area (Å²) in [6.07, 6.45) is 10.1. The van der Waals surface area contributed by atoms with E-state index in [0.29, 0.717) is 6.54 Å². The quantitative estimate of drug-likeness (QED) is 0.175. The van der Waals surface area contributed by atoms with Gasteiger partial charge in [-0.05, 0) is 81.3 Å². The number of benzene rings is 3. The molecular weight excluding hydrogens is 506 g/mol. The van der Waals surface area contributed by atoms with Crippen LogP contribution in [0.2, 0.25) is 0 Å². The number of anilines is 1. The number of para-hydroxylation sites is 2. The average molecular weight is 549 g/mol. The number of allylic oxidation sites excluding steroid dienone is 5. The van der Waals surface area contributed by atoms with E-state index in [2.05, 4.69) is 148 Å². The summed E-state index contributed by atoms with van der Waals surface area (Å²) in [7, 11) is 2.18. The van der Waals surface area contributed by atoms with E-state index < -0.39 is 0 Å². The van der Waals surface area contributed by atoms with Crippen molar-refractivity contribution >= 4 is 28.8 Å². The number of nitrogens with two attached hydrogens (primary N) is 1. The Bertz CT molecular complexity index is 1520. The molecule has 0 fully saturated rings. The van der Waals surface area contributed by atoms with E-state index in [1.807, 2.05) is 11.8 Å². The molecule has 3 aromatic rings. The highest BCUT2D eigenvalue weighted by atomic mass is 32.2. The van der Waals surface area contributed by atoms with Gasteiger partial charge in [0.25, 0.3) is 0 Å². The molecule has 5 rings (SSSR count). The van der Waals surface area contributed by atoms with Crippen LogP contribution in [0.4, 0.5) is 11.4 Å². The van der Waals surface area contributed by atoms with Crippen molar-refractivity contribution in [2.75, 3.05) is 25.0 Å². The Morgan fingerprint density at radius 1 is 0.900 bits per heavy atom. The Morgan fingerprint density at radius 3 is 2.25 bits per heavy atom. The lowest BCUT2D eigenvalue weighted by atomic mass is 9.81. The smallest absolute Gasteiger partial charge is 0.209 e. The van der Waals surface area contributed by atoms with Crippen LogP contribution >= 0.6 is 11.8 Å². The molecule has 0 atom stereocenters. The molecule has 2 heterocycles. The molecular formula is C36H42N3S+. The van der Waals surface area contributed by atoms with E-state index in [4.69, 9.17) is 5.73 Å².